The average Bonchev–Trinajstić information content (AvgIpc) is 3.93. The fourth-order valence-corrected chi connectivity index (χ4v) is 9.49. The second-order valence-corrected chi connectivity index (χ2v) is 17.5. The molecule has 7 rings (SSSR count). The number of hydrogen-bond donors (Lipinski definition) is 3. The molecular weight excluding hydrogens is 700 g/mol. The Morgan fingerprint density at radius 1 is 1.12 bits per heavy atom. The van der Waals surface area contributed by atoms with E-state index in [0.717, 1.165) is 36.3 Å². The first-order valence-electron chi connectivity index (χ1n) is 17.6. The number of amides is 4. The van der Waals surface area contributed by atoms with Gasteiger partial charge in [0.15, 0.2) is 5.13 Å². The lowest BCUT2D eigenvalue weighted by atomic mass is 10.1. The number of fused-ring (bicyclic) bond motifs is 3. The number of nitrogens with one attached hydrogen (secondary N) is 3. The number of aryl methyl sites for hydroxylation is 2. The number of ether oxygens (including phenoxy) is 1. The molecule has 0 bridgehead atoms. The van der Waals surface area contributed by atoms with Gasteiger partial charge >= 0.3 is 6.09 Å². The van der Waals surface area contributed by atoms with Gasteiger partial charge in [-0.15, -0.1) is 11.3 Å². The van der Waals surface area contributed by atoms with Gasteiger partial charge in [-0.3, -0.25) is 24.0 Å². The Morgan fingerprint density at radius 3 is 2.65 bits per heavy atom. The average molecular weight is 743 g/mol. The van der Waals surface area contributed by atoms with Crippen LogP contribution in [0.3, 0.4) is 0 Å². The molecule has 5 aliphatic rings. The monoisotopic (exact) mass is 742 g/mol. The SMILES string of the molecule is Cc1nc(N[C@H]2CCCCC/C=C\[C@H]3C[C@]3(C(=O)NS(=O)(=O)C3CC3)NC(=O)[C@@H]3C[C@@H](OC(=O)N4Cc5cccc(F)c5C4)CN3C2=O)sc1C. The fraction of sp³-hybridized carbons (Fsp3) is 0.571. The summed E-state index contributed by atoms with van der Waals surface area (Å²) in [7, 11) is -3.89. The molecule has 0 radical (unpaired) electrons. The number of anilines is 1. The largest absolute Gasteiger partial charge is 0.444 e. The molecule has 4 heterocycles. The Balaban J connectivity index is 1.15. The van der Waals surface area contributed by atoms with Gasteiger partial charge in [0.25, 0.3) is 5.91 Å². The number of allylic oxidation sites excluding steroid dienone is 1. The predicted molar refractivity (Wildman–Crippen MR) is 186 cm³/mol. The van der Waals surface area contributed by atoms with Crippen molar-refractivity contribution in [2.75, 3.05) is 11.9 Å². The van der Waals surface area contributed by atoms with E-state index in [4.69, 9.17) is 4.74 Å². The zero-order chi connectivity index (χ0) is 36.1. The summed E-state index contributed by atoms with van der Waals surface area (Å²) in [6.07, 6.45) is 6.98. The summed E-state index contributed by atoms with van der Waals surface area (Å²) in [5.74, 6) is -2.64. The van der Waals surface area contributed by atoms with E-state index in [0.29, 0.717) is 35.5 Å². The number of halogens is 1. The summed E-state index contributed by atoms with van der Waals surface area (Å²) in [5, 5.41) is 6.11. The molecule has 4 amide bonds. The van der Waals surface area contributed by atoms with Gasteiger partial charge in [0.1, 0.15) is 29.5 Å². The van der Waals surface area contributed by atoms with Gasteiger partial charge < -0.3 is 20.3 Å². The van der Waals surface area contributed by atoms with E-state index >= 15 is 0 Å². The molecule has 1 aromatic carbocycles. The summed E-state index contributed by atoms with van der Waals surface area (Å²) in [6.45, 7) is 3.96. The third-order valence-electron chi connectivity index (χ3n) is 10.6. The van der Waals surface area contributed by atoms with Crippen LogP contribution in [-0.4, -0.2) is 82.5 Å². The number of aromatic nitrogens is 1. The quantitative estimate of drug-likeness (QED) is 0.373. The van der Waals surface area contributed by atoms with Gasteiger partial charge in [-0.1, -0.05) is 37.1 Å². The van der Waals surface area contributed by atoms with Crippen LogP contribution in [0.5, 0.6) is 0 Å². The molecule has 51 heavy (non-hydrogen) atoms. The smallest absolute Gasteiger partial charge is 0.410 e. The van der Waals surface area contributed by atoms with E-state index in [2.05, 4.69) is 20.3 Å². The highest BCUT2D eigenvalue weighted by atomic mass is 32.2. The van der Waals surface area contributed by atoms with Crippen LogP contribution in [0.1, 0.15) is 79.5 Å². The molecule has 5 atom stereocenters. The zero-order valence-electron chi connectivity index (χ0n) is 28.7. The standard InChI is InChI=1S/C35H43FN6O7S2/c1-20-21(2)50-33(37-20)38-28-12-7-5-3-4-6-10-23-16-35(23,32(45)40-51(47,48)25-13-14-25)39-30(43)29-15-24(18-42(29)31(28)44)49-34(46)41-17-22-9-8-11-27(36)26(22)19-41/h6,8-11,23-25,28-29H,3-5,7,12-19H2,1-2H3,(H,37,38)(H,39,43)(H,40,45)/b10-6-/t23-,24+,28-,29-,35-/m0/s1. The first kappa shape index (κ1) is 35.4. The normalized spacial score (nSPS) is 28.8. The van der Waals surface area contributed by atoms with Crippen LogP contribution in [0.4, 0.5) is 14.3 Å². The zero-order valence-corrected chi connectivity index (χ0v) is 30.3. The van der Waals surface area contributed by atoms with Gasteiger partial charge in [0, 0.05) is 29.3 Å². The van der Waals surface area contributed by atoms with Crippen molar-refractivity contribution in [2.45, 2.75) is 114 Å². The molecule has 0 unspecified atom stereocenters. The Bertz CT molecular complexity index is 1860. The molecule has 13 nitrogen and oxygen atoms in total. The summed E-state index contributed by atoms with van der Waals surface area (Å²) >= 11 is 1.44. The Hall–Kier alpha value is -4.05. The first-order valence-corrected chi connectivity index (χ1v) is 20.0. The van der Waals surface area contributed by atoms with Gasteiger partial charge in [-0.25, -0.2) is 22.6 Å². The molecule has 1 aromatic heterocycles. The third-order valence-corrected chi connectivity index (χ3v) is 13.4. The van der Waals surface area contributed by atoms with Gasteiger partial charge in [-0.2, -0.15) is 0 Å². The minimum atomic E-state index is -3.89. The second-order valence-electron chi connectivity index (χ2n) is 14.4. The van der Waals surface area contributed by atoms with E-state index in [9.17, 15) is 32.0 Å². The van der Waals surface area contributed by atoms with Crippen LogP contribution in [0.15, 0.2) is 30.4 Å². The highest BCUT2D eigenvalue weighted by Crippen LogP contribution is 2.46. The number of thiazole rings is 1. The molecule has 16 heteroatoms. The minimum Gasteiger partial charge on any atom is -0.444 e. The van der Waals surface area contributed by atoms with E-state index in [1.54, 1.807) is 12.1 Å². The van der Waals surface area contributed by atoms with Crippen LogP contribution in [0, 0.1) is 25.6 Å². The Kier molecular flexibility index (Phi) is 9.58. The second kappa shape index (κ2) is 13.8. The van der Waals surface area contributed by atoms with Crippen molar-refractivity contribution in [1.82, 2.24) is 24.8 Å². The van der Waals surface area contributed by atoms with Crippen molar-refractivity contribution in [2.24, 2.45) is 5.92 Å². The lowest BCUT2D eigenvalue weighted by molar-refractivity contribution is -0.140. The number of carbonyl (C=O) groups is 4. The maximum Gasteiger partial charge on any atom is 0.410 e. The number of carbonyl (C=O) groups excluding carboxylic acids is 4. The van der Waals surface area contributed by atoms with Gasteiger partial charge in [0.2, 0.25) is 21.8 Å². The molecule has 2 aliphatic carbocycles. The van der Waals surface area contributed by atoms with Crippen molar-refractivity contribution in [3.8, 4) is 0 Å². The molecular formula is C35H43FN6O7S2. The highest BCUT2D eigenvalue weighted by molar-refractivity contribution is 7.91. The van der Waals surface area contributed by atoms with Gasteiger partial charge in [0.05, 0.1) is 24.0 Å². The van der Waals surface area contributed by atoms with Crippen molar-refractivity contribution in [1.29, 1.82) is 0 Å². The molecule has 0 spiro atoms. The maximum atomic E-state index is 14.5. The van der Waals surface area contributed by atoms with E-state index in [1.807, 2.05) is 26.0 Å². The molecule has 3 N–H and O–H groups in total. The molecule has 1 saturated heterocycles. The number of hydrogen-bond acceptors (Lipinski definition) is 10. The van der Waals surface area contributed by atoms with Crippen LogP contribution in [-0.2, 0) is 42.2 Å². The number of nitrogens with zero attached hydrogens (tertiary/aromatic N) is 3. The van der Waals surface area contributed by atoms with Crippen molar-refractivity contribution in [3.05, 3.63) is 57.9 Å². The highest BCUT2D eigenvalue weighted by Gasteiger charge is 2.62. The molecule has 2 aromatic rings. The summed E-state index contributed by atoms with van der Waals surface area (Å²) in [6, 6.07) is 2.83. The third kappa shape index (κ3) is 7.34. The van der Waals surface area contributed by atoms with E-state index in [1.165, 1.54) is 27.2 Å². The minimum absolute atomic E-state index is 0.0368. The lowest BCUT2D eigenvalue weighted by Crippen LogP contribution is -2.57. The first-order chi connectivity index (χ1) is 24.3. The summed E-state index contributed by atoms with van der Waals surface area (Å²) < 4.78 is 48.0. The van der Waals surface area contributed by atoms with E-state index < -0.39 is 68.6 Å². The molecule has 3 aliphatic heterocycles. The number of benzene rings is 1. The van der Waals surface area contributed by atoms with E-state index in [-0.39, 0.29) is 38.4 Å². The van der Waals surface area contributed by atoms with Crippen LogP contribution in [0.25, 0.3) is 0 Å². The maximum absolute atomic E-state index is 14.5. The van der Waals surface area contributed by atoms with Crippen LogP contribution < -0.4 is 15.4 Å². The lowest BCUT2D eigenvalue weighted by Gasteiger charge is -2.29. The van der Waals surface area contributed by atoms with Gasteiger partial charge in [-0.05, 0) is 64.0 Å². The number of sulfonamides is 1. The topological polar surface area (TPSA) is 167 Å². The molecule has 2 saturated carbocycles. The number of rotatable bonds is 6. The Morgan fingerprint density at radius 2 is 1.92 bits per heavy atom. The van der Waals surface area contributed by atoms with Crippen LogP contribution in [0.2, 0.25) is 0 Å². The van der Waals surface area contributed by atoms with Crippen LogP contribution >= 0.6 is 11.3 Å². The summed E-state index contributed by atoms with van der Waals surface area (Å²) in [5.41, 5.74) is 0.449. The summed E-state index contributed by atoms with van der Waals surface area (Å²) in [4.78, 5) is 64.1. The van der Waals surface area contributed by atoms with Crippen molar-refractivity contribution in [3.63, 3.8) is 0 Å². The van der Waals surface area contributed by atoms with Crippen molar-refractivity contribution < 1.29 is 36.7 Å². The molecule has 3 fully saturated rings. The van der Waals surface area contributed by atoms with Crippen molar-refractivity contribution >= 4 is 50.3 Å². The molecule has 274 valence electrons. The Labute approximate surface area is 300 Å². The fourth-order valence-electron chi connectivity index (χ4n) is 7.26. The predicted octanol–water partition coefficient (Wildman–Crippen LogP) is 3.81.